The lowest BCUT2D eigenvalue weighted by Gasteiger charge is -2.32. The van der Waals surface area contributed by atoms with E-state index >= 15 is 0 Å². The maximum Gasteiger partial charge on any atom is 0.147 e. The van der Waals surface area contributed by atoms with Crippen molar-refractivity contribution in [2.24, 2.45) is 5.92 Å². The molecule has 1 aromatic heterocycles. The Hall–Kier alpha value is -1.32. The molecule has 2 unspecified atom stereocenters. The van der Waals surface area contributed by atoms with Gasteiger partial charge in [0.1, 0.15) is 11.6 Å². The fourth-order valence-corrected chi connectivity index (χ4v) is 3.17. The van der Waals surface area contributed by atoms with E-state index in [0.29, 0.717) is 11.9 Å². The summed E-state index contributed by atoms with van der Waals surface area (Å²) in [5.41, 5.74) is 5.57. The zero-order valence-electron chi connectivity index (χ0n) is 9.47. The molecule has 1 aromatic rings. The number of aromatic nitrogens is 2. The quantitative estimate of drug-likeness (QED) is 0.781. The van der Waals surface area contributed by atoms with Crippen LogP contribution >= 0.6 is 0 Å². The van der Waals surface area contributed by atoms with Crippen LogP contribution in [0.25, 0.3) is 0 Å². The number of nitrogens with two attached hydrogens (primary N) is 1. The van der Waals surface area contributed by atoms with Gasteiger partial charge in [-0.15, -0.1) is 0 Å². The van der Waals surface area contributed by atoms with Gasteiger partial charge in [0, 0.05) is 12.6 Å². The summed E-state index contributed by atoms with van der Waals surface area (Å²) >= 11 is 0. The summed E-state index contributed by atoms with van der Waals surface area (Å²) < 4.78 is 0. The monoisotopic (exact) mass is 218 g/mol. The molecule has 2 aliphatic rings. The van der Waals surface area contributed by atoms with E-state index in [0.717, 1.165) is 18.3 Å². The zero-order valence-corrected chi connectivity index (χ0v) is 9.47. The minimum atomic E-state index is 0.503. The lowest BCUT2D eigenvalue weighted by Crippen LogP contribution is -2.35. The molecule has 1 aliphatic heterocycles. The second-order valence-corrected chi connectivity index (χ2v) is 4.89. The molecule has 3 rings (SSSR count). The molecule has 16 heavy (non-hydrogen) atoms. The number of fused-ring (bicyclic) bond motifs is 1. The lowest BCUT2D eigenvalue weighted by atomic mass is 9.85. The molecule has 0 radical (unpaired) electrons. The Labute approximate surface area is 95.9 Å². The average molecular weight is 218 g/mol. The van der Waals surface area contributed by atoms with Gasteiger partial charge < -0.3 is 10.6 Å². The van der Waals surface area contributed by atoms with Gasteiger partial charge in [0.25, 0.3) is 0 Å². The Kier molecular flexibility index (Phi) is 2.42. The highest BCUT2D eigenvalue weighted by Gasteiger charge is 2.36. The predicted molar refractivity (Wildman–Crippen MR) is 64.2 cm³/mol. The highest BCUT2D eigenvalue weighted by atomic mass is 15.2. The van der Waals surface area contributed by atoms with Crippen molar-refractivity contribution in [3.8, 4) is 0 Å². The molecule has 2 heterocycles. The summed E-state index contributed by atoms with van der Waals surface area (Å²) in [6.07, 6.45) is 10.3. The molecule has 4 nitrogen and oxygen atoms in total. The van der Waals surface area contributed by atoms with Gasteiger partial charge in [0.15, 0.2) is 0 Å². The highest BCUT2D eigenvalue weighted by Crippen LogP contribution is 2.37. The van der Waals surface area contributed by atoms with Crippen LogP contribution in [0.5, 0.6) is 0 Å². The largest absolute Gasteiger partial charge is 0.382 e. The molecular formula is C12H18N4. The molecule has 2 atom stereocenters. The Balaban J connectivity index is 1.82. The van der Waals surface area contributed by atoms with E-state index in [-0.39, 0.29) is 0 Å². The van der Waals surface area contributed by atoms with E-state index in [2.05, 4.69) is 14.9 Å². The van der Waals surface area contributed by atoms with Crippen LogP contribution in [0.15, 0.2) is 12.4 Å². The van der Waals surface area contributed by atoms with Crippen molar-refractivity contribution in [2.45, 2.75) is 38.1 Å². The first-order valence-corrected chi connectivity index (χ1v) is 6.19. The highest BCUT2D eigenvalue weighted by molar-refractivity contribution is 5.42. The van der Waals surface area contributed by atoms with Gasteiger partial charge in [-0.2, -0.15) is 0 Å². The zero-order chi connectivity index (χ0) is 11.0. The van der Waals surface area contributed by atoms with Gasteiger partial charge in [-0.3, -0.25) is 0 Å². The van der Waals surface area contributed by atoms with Gasteiger partial charge in [0.05, 0.1) is 12.4 Å². The van der Waals surface area contributed by atoms with E-state index in [9.17, 15) is 0 Å². The second-order valence-electron chi connectivity index (χ2n) is 4.89. The van der Waals surface area contributed by atoms with Gasteiger partial charge >= 0.3 is 0 Å². The van der Waals surface area contributed by atoms with Crippen LogP contribution in [-0.4, -0.2) is 22.6 Å². The third-order valence-electron chi connectivity index (χ3n) is 3.96. The van der Waals surface area contributed by atoms with Crippen molar-refractivity contribution >= 4 is 11.6 Å². The van der Waals surface area contributed by atoms with Crippen molar-refractivity contribution in [3.63, 3.8) is 0 Å². The molecule has 0 bridgehead atoms. The Morgan fingerprint density at radius 3 is 2.81 bits per heavy atom. The molecule has 0 spiro atoms. The molecule has 0 amide bonds. The molecule has 1 saturated heterocycles. The van der Waals surface area contributed by atoms with Crippen molar-refractivity contribution in [1.82, 2.24) is 9.97 Å². The third kappa shape index (κ3) is 1.62. The number of anilines is 2. The minimum absolute atomic E-state index is 0.503. The minimum Gasteiger partial charge on any atom is -0.382 e. The first-order valence-electron chi connectivity index (χ1n) is 6.19. The van der Waals surface area contributed by atoms with Crippen molar-refractivity contribution in [1.29, 1.82) is 0 Å². The number of nitrogen functional groups attached to an aromatic ring is 1. The van der Waals surface area contributed by atoms with E-state index < -0.39 is 0 Å². The second kappa shape index (κ2) is 3.92. The third-order valence-corrected chi connectivity index (χ3v) is 3.96. The molecular weight excluding hydrogens is 200 g/mol. The van der Waals surface area contributed by atoms with Crippen molar-refractivity contribution < 1.29 is 0 Å². The number of nitrogens with zero attached hydrogens (tertiary/aromatic N) is 3. The van der Waals surface area contributed by atoms with E-state index in [1.54, 1.807) is 6.20 Å². The standard InChI is InChI=1S/C12H18N4/c13-11-7-15-12(8-14-11)16-6-5-9-3-1-2-4-10(9)16/h7-10H,1-6H2,(H2,13,14). The molecule has 4 heteroatoms. The first kappa shape index (κ1) is 9.87. The molecule has 1 aliphatic carbocycles. The normalized spacial score (nSPS) is 29.1. The topological polar surface area (TPSA) is 55.0 Å². The Morgan fingerprint density at radius 2 is 2.00 bits per heavy atom. The van der Waals surface area contributed by atoms with Crippen LogP contribution in [0.3, 0.4) is 0 Å². The summed E-state index contributed by atoms with van der Waals surface area (Å²) in [7, 11) is 0. The number of rotatable bonds is 1. The van der Waals surface area contributed by atoms with Gasteiger partial charge in [-0.1, -0.05) is 12.8 Å². The van der Waals surface area contributed by atoms with Crippen LogP contribution in [0, 0.1) is 5.92 Å². The summed E-state index contributed by atoms with van der Waals surface area (Å²) in [6, 6.07) is 0.701. The number of hydrogen-bond acceptors (Lipinski definition) is 4. The summed E-state index contributed by atoms with van der Waals surface area (Å²) in [5, 5.41) is 0. The lowest BCUT2D eigenvalue weighted by molar-refractivity contribution is 0.341. The summed E-state index contributed by atoms with van der Waals surface area (Å²) in [6.45, 7) is 1.13. The maximum atomic E-state index is 5.57. The molecule has 0 aromatic carbocycles. The van der Waals surface area contributed by atoms with Crippen LogP contribution in [0.2, 0.25) is 0 Å². The Bertz CT molecular complexity index is 362. The molecule has 86 valence electrons. The fraction of sp³-hybridized carbons (Fsp3) is 0.667. The molecule has 1 saturated carbocycles. The van der Waals surface area contributed by atoms with Crippen LogP contribution in [0.4, 0.5) is 11.6 Å². The van der Waals surface area contributed by atoms with Gasteiger partial charge in [-0.05, 0) is 25.2 Å². The van der Waals surface area contributed by atoms with Crippen LogP contribution < -0.4 is 10.6 Å². The SMILES string of the molecule is Nc1cnc(N2CCC3CCCCC32)cn1. The molecule has 2 N–H and O–H groups in total. The maximum absolute atomic E-state index is 5.57. The Morgan fingerprint density at radius 1 is 1.12 bits per heavy atom. The van der Waals surface area contributed by atoms with Crippen LogP contribution in [-0.2, 0) is 0 Å². The first-order chi connectivity index (χ1) is 7.84. The number of hydrogen-bond donors (Lipinski definition) is 1. The smallest absolute Gasteiger partial charge is 0.147 e. The van der Waals surface area contributed by atoms with Gasteiger partial charge in [-0.25, -0.2) is 9.97 Å². The summed E-state index contributed by atoms with van der Waals surface area (Å²) in [4.78, 5) is 11.0. The summed E-state index contributed by atoms with van der Waals surface area (Å²) in [5.74, 6) is 2.39. The fourth-order valence-electron chi connectivity index (χ4n) is 3.17. The van der Waals surface area contributed by atoms with Crippen molar-refractivity contribution in [2.75, 3.05) is 17.2 Å². The van der Waals surface area contributed by atoms with Crippen LogP contribution in [0.1, 0.15) is 32.1 Å². The molecule has 2 fully saturated rings. The van der Waals surface area contributed by atoms with Crippen molar-refractivity contribution in [3.05, 3.63) is 12.4 Å². The average Bonchev–Trinajstić information content (AvgIpc) is 2.74. The van der Waals surface area contributed by atoms with E-state index in [1.807, 2.05) is 6.20 Å². The van der Waals surface area contributed by atoms with E-state index in [1.165, 1.54) is 32.1 Å². The van der Waals surface area contributed by atoms with Gasteiger partial charge in [0.2, 0.25) is 0 Å². The van der Waals surface area contributed by atoms with E-state index in [4.69, 9.17) is 5.73 Å². The predicted octanol–water partition coefficient (Wildman–Crippen LogP) is 1.83.